The molecule has 39 heavy (non-hydrogen) atoms. The lowest BCUT2D eigenvalue weighted by atomic mass is 10.1. The molecule has 0 saturated heterocycles. The molecule has 0 fully saturated rings. The van der Waals surface area contributed by atoms with Crippen molar-refractivity contribution in [3.8, 4) is 23.0 Å². The van der Waals surface area contributed by atoms with E-state index in [1.165, 1.54) is 21.3 Å². The van der Waals surface area contributed by atoms with Gasteiger partial charge in [-0.05, 0) is 67.8 Å². The lowest BCUT2D eigenvalue weighted by Gasteiger charge is -2.14. The van der Waals surface area contributed by atoms with Crippen molar-refractivity contribution in [2.24, 2.45) is 0 Å². The Balaban J connectivity index is 1.36. The van der Waals surface area contributed by atoms with E-state index in [2.05, 4.69) is 16.0 Å². The van der Waals surface area contributed by atoms with E-state index in [1.54, 1.807) is 12.1 Å². The second kappa shape index (κ2) is 13.2. The topological polar surface area (TPSA) is 83.8 Å². The van der Waals surface area contributed by atoms with Gasteiger partial charge in [0.25, 0.3) is 5.91 Å². The van der Waals surface area contributed by atoms with Gasteiger partial charge in [-0.1, -0.05) is 23.7 Å². The van der Waals surface area contributed by atoms with Gasteiger partial charge in [0.15, 0.2) is 11.5 Å². The summed E-state index contributed by atoms with van der Waals surface area (Å²) < 4.78 is 24.2. The fourth-order valence-corrected chi connectivity index (χ4v) is 4.55. The SMILES string of the molecule is COc1cc(C(=O)NCCc2nc3ccccc3n2CCCCOc2ccc(Cl)c(C)c2)cc(OC)c1OC. The monoisotopic (exact) mass is 551 g/mol. The number of amides is 1. The summed E-state index contributed by atoms with van der Waals surface area (Å²) in [4.78, 5) is 17.8. The number of halogens is 1. The highest BCUT2D eigenvalue weighted by Gasteiger charge is 2.17. The number of rotatable bonds is 13. The van der Waals surface area contributed by atoms with Crippen molar-refractivity contribution in [3.63, 3.8) is 0 Å². The minimum absolute atomic E-state index is 0.230. The first kappa shape index (κ1) is 28.1. The van der Waals surface area contributed by atoms with E-state index < -0.39 is 0 Å². The number of carbonyl (C=O) groups excluding carboxylic acids is 1. The molecule has 8 nitrogen and oxygen atoms in total. The summed E-state index contributed by atoms with van der Waals surface area (Å²) in [6.07, 6.45) is 2.41. The van der Waals surface area contributed by atoms with Crippen LogP contribution in [0, 0.1) is 6.92 Å². The summed E-state index contributed by atoms with van der Waals surface area (Å²) in [6, 6.07) is 17.1. The minimum atomic E-state index is -0.230. The van der Waals surface area contributed by atoms with Gasteiger partial charge >= 0.3 is 0 Å². The van der Waals surface area contributed by atoms with Crippen molar-refractivity contribution in [3.05, 3.63) is 76.6 Å². The molecule has 3 aromatic carbocycles. The Hall–Kier alpha value is -3.91. The highest BCUT2D eigenvalue weighted by molar-refractivity contribution is 6.31. The van der Waals surface area contributed by atoms with Crippen LogP contribution in [-0.4, -0.2) is 49.9 Å². The summed E-state index contributed by atoms with van der Waals surface area (Å²) in [5.74, 6) is 2.83. The van der Waals surface area contributed by atoms with E-state index in [9.17, 15) is 4.79 Å². The van der Waals surface area contributed by atoms with E-state index in [0.29, 0.717) is 42.4 Å². The second-order valence-corrected chi connectivity index (χ2v) is 9.46. The number of ether oxygens (including phenoxy) is 4. The van der Waals surface area contributed by atoms with Crippen molar-refractivity contribution in [1.29, 1.82) is 0 Å². The lowest BCUT2D eigenvalue weighted by Crippen LogP contribution is -2.26. The molecule has 4 aromatic rings. The molecule has 1 N–H and O–H groups in total. The number of hydrogen-bond donors (Lipinski definition) is 1. The number of aryl methyl sites for hydroxylation is 2. The zero-order valence-corrected chi connectivity index (χ0v) is 23.5. The number of hydrogen-bond acceptors (Lipinski definition) is 6. The molecule has 4 rings (SSSR count). The Bertz CT molecular complexity index is 1410. The van der Waals surface area contributed by atoms with Crippen LogP contribution in [0.4, 0.5) is 0 Å². The zero-order valence-electron chi connectivity index (χ0n) is 22.8. The molecule has 0 aliphatic heterocycles. The van der Waals surface area contributed by atoms with Crippen LogP contribution in [0.3, 0.4) is 0 Å². The first-order valence-corrected chi connectivity index (χ1v) is 13.2. The number of carbonyl (C=O) groups is 1. The largest absolute Gasteiger partial charge is 0.494 e. The first-order chi connectivity index (χ1) is 18.9. The van der Waals surface area contributed by atoms with Crippen molar-refractivity contribution >= 4 is 28.5 Å². The third kappa shape index (κ3) is 6.75. The number of imidazole rings is 1. The van der Waals surface area contributed by atoms with Gasteiger partial charge in [-0.2, -0.15) is 0 Å². The number of para-hydroxylation sites is 2. The average Bonchev–Trinajstić information content (AvgIpc) is 3.30. The highest BCUT2D eigenvalue weighted by Crippen LogP contribution is 2.38. The van der Waals surface area contributed by atoms with Crippen molar-refractivity contribution < 1.29 is 23.7 Å². The molecule has 9 heteroatoms. The van der Waals surface area contributed by atoms with Crippen LogP contribution in [0.2, 0.25) is 5.02 Å². The normalized spacial score (nSPS) is 10.9. The van der Waals surface area contributed by atoms with Crippen LogP contribution in [0.15, 0.2) is 54.6 Å². The van der Waals surface area contributed by atoms with Crippen LogP contribution in [0.25, 0.3) is 11.0 Å². The molecule has 0 saturated carbocycles. The Morgan fingerprint density at radius 1 is 0.974 bits per heavy atom. The summed E-state index contributed by atoms with van der Waals surface area (Å²) in [5, 5.41) is 3.73. The Morgan fingerprint density at radius 3 is 2.41 bits per heavy atom. The molecular formula is C30H34ClN3O5. The van der Waals surface area contributed by atoms with Gasteiger partial charge < -0.3 is 28.8 Å². The second-order valence-electron chi connectivity index (χ2n) is 9.05. The number of nitrogens with zero attached hydrogens (tertiary/aromatic N) is 2. The molecular weight excluding hydrogens is 518 g/mol. The summed E-state index contributed by atoms with van der Waals surface area (Å²) in [6.45, 7) is 3.82. The standard InChI is InChI=1S/C30H34ClN3O5/c1-20-17-22(11-12-23(20)31)39-16-8-7-15-34-25-10-6-5-9-24(25)33-28(34)13-14-32-30(35)21-18-26(36-2)29(38-4)27(19-21)37-3/h5-6,9-12,17-19H,7-8,13-16H2,1-4H3,(H,32,35). The van der Waals surface area contributed by atoms with E-state index in [4.69, 9.17) is 35.5 Å². The van der Waals surface area contributed by atoms with Crippen LogP contribution in [0.5, 0.6) is 23.0 Å². The molecule has 1 heterocycles. The Morgan fingerprint density at radius 2 is 1.72 bits per heavy atom. The minimum Gasteiger partial charge on any atom is -0.494 e. The van der Waals surface area contributed by atoms with Crippen molar-refractivity contribution in [2.45, 2.75) is 32.7 Å². The molecule has 0 spiro atoms. The van der Waals surface area contributed by atoms with Gasteiger partial charge in [-0.15, -0.1) is 0 Å². The number of fused-ring (bicyclic) bond motifs is 1. The maximum atomic E-state index is 12.9. The maximum absolute atomic E-state index is 12.9. The van der Waals surface area contributed by atoms with Crippen molar-refractivity contribution in [1.82, 2.24) is 14.9 Å². The molecule has 0 aliphatic carbocycles. The smallest absolute Gasteiger partial charge is 0.251 e. The molecule has 206 valence electrons. The molecule has 0 aliphatic rings. The fourth-order valence-electron chi connectivity index (χ4n) is 4.44. The van der Waals surface area contributed by atoms with Crippen LogP contribution in [0.1, 0.15) is 34.6 Å². The van der Waals surface area contributed by atoms with Gasteiger partial charge in [0.2, 0.25) is 5.75 Å². The zero-order chi connectivity index (χ0) is 27.8. The van der Waals surface area contributed by atoms with Crippen molar-refractivity contribution in [2.75, 3.05) is 34.5 Å². The molecule has 0 unspecified atom stereocenters. The number of benzene rings is 3. The molecule has 0 radical (unpaired) electrons. The van der Waals surface area contributed by atoms with Crippen LogP contribution >= 0.6 is 11.6 Å². The van der Waals surface area contributed by atoms with Crippen LogP contribution in [-0.2, 0) is 13.0 Å². The average molecular weight is 552 g/mol. The third-order valence-corrected chi connectivity index (χ3v) is 6.89. The quantitative estimate of drug-likeness (QED) is 0.210. The van der Waals surface area contributed by atoms with Gasteiger partial charge in [-0.3, -0.25) is 4.79 Å². The van der Waals surface area contributed by atoms with E-state index in [-0.39, 0.29) is 5.91 Å². The van der Waals surface area contributed by atoms with Crippen LogP contribution < -0.4 is 24.3 Å². The number of nitrogens with one attached hydrogen (secondary N) is 1. The summed E-state index contributed by atoms with van der Waals surface area (Å²) in [7, 11) is 4.57. The van der Waals surface area contributed by atoms with Gasteiger partial charge in [-0.25, -0.2) is 4.98 Å². The lowest BCUT2D eigenvalue weighted by molar-refractivity contribution is 0.0953. The predicted molar refractivity (Wildman–Crippen MR) is 153 cm³/mol. The molecule has 1 amide bonds. The van der Waals surface area contributed by atoms with E-state index in [0.717, 1.165) is 52.6 Å². The number of unbranched alkanes of at least 4 members (excludes halogenated alkanes) is 1. The number of methoxy groups -OCH3 is 3. The van der Waals surface area contributed by atoms with E-state index in [1.807, 2.05) is 43.3 Å². The molecule has 0 bridgehead atoms. The van der Waals surface area contributed by atoms with Gasteiger partial charge in [0, 0.05) is 30.1 Å². The highest BCUT2D eigenvalue weighted by atomic mass is 35.5. The Kier molecular flexibility index (Phi) is 9.54. The summed E-state index contributed by atoms with van der Waals surface area (Å²) >= 11 is 6.10. The number of aromatic nitrogens is 2. The molecule has 1 aromatic heterocycles. The first-order valence-electron chi connectivity index (χ1n) is 12.9. The van der Waals surface area contributed by atoms with Gasteiger partial charge in [0.05, 0.1) is 39.0 Å². The summed E-state index contributed by atoms with van der Waals surface area (Å²) in [5.41, 5.74) is 3.45. The van der Waals surface area contributed by atoms with Gasteiger partial charge in [0.1, 0.15) is 11.6 Å². The fraction of sp³-hybridized carbons (Fsp3) is 0.333. The third-order valence-electron chi connectivity index (χ3n) is 6.47. The molecule has 0 atom stereocenters. The Labute approximate surface area is 233 Å². The maximum Gasteiger partial charge on any atom is 0.251 e. The predicted octanol–water partition coefficient (Wildman–Crippen LogP) is 5.86. The van der Waals surface area contributed by atoms with E-state index >= 15 is 0 Å².